The van der Waals surface area contributed by atoms with Gasteiger partial charge < -0.3 is 5.21 Å². The van der Waals surface area contributed by atoms with Crippen molar-refractivity contribution >= 4 is 11.5 Å². The van der Waals surface area contributed by atoms with Gasteiger partial charge in [0, 0.05) is 11.8 Å². The van der Waals surface area contributed by atoms with Gasteiger partial charge in [0.2, 0.25) is 0 Å². The number of oxime groups is 1. The van der Waals surface area contributed by atoms with E-state index in [2.05, 4.69) is 25.1 Å². The van der Waals surface area contributed by atoms with Crippen LogP contribution in [0.15, 0.2) is 16.8 Å². The fraction of sp³-hybridized carbons (Fsp3) is 0.789. The molecule has 0 bridgehead atoms. The zero-order chi connectivity index (χ0) is 15.5. The minimum absolute atomic E-state index is 0.119. The number of Topliss-reactive ketones (excluding diaryl/α,β-unsaturated/α-hetero) is 1. The molecule has 0 saturated heterocycles. The van der Waals surface area contributed by atoms with E-state index in [1.54, 1.807) is 5.57 Å². The molecule has 0 unspecified atom stereocenters. The molecular weight excluding hydrogens is 274 g/mol. The van der Waals surface area contributed by atoms with E-state index in [1.165, 1.54) is 32.1 Å². The van der Waals surface area contributed by atoms with Crippen molar-refractivity contribution in [1.29, 1.82) is 0 Å². The Bertz CT molecular complexity index is 578. The van der Waals surface area contributed by atoms with E-state index in [-0.39, 0.29) is 11.2 Å². The zero-order valence-corrected chi connectivity index (χ0v) is 13.8. The Morgan fingerprint density at radius 3 is 2.77 bits per heavy atom. The summed E-state index contributed by atoms with van der Waals surface area (Å²) < 4.78 is 0. The number of hydrogen-bond donors (Lipinski definition) is 1. The number of hydrogen-bond acceptors (Lipinski definition) is 3. The van der Waals surface area contributed by atoms with Gasteiger partial charge in [0.05, 0.1) is 0 Å². The molecule has 4 aliphatic carbocycles. The third-order valence-electron chi connectivity index (χ3n) is 7.73. The van der Waals surface area contributed by atoms with Crippen molar-refractivity contribution < 1.29 is 10.0 Å². The van der Waals surface area contributed by atoms with E-state index >= 15 is 0 Å². The number of rotatable bonds is 0. The summed E-state index contributed by atoms with van der Waals surface area (Å²) in [6.07, 6.45) is 11.7. The molecule has 0 aliphatic heterocycles. The van der Waals surface area contributed by atoms with E-state index in [4.69, 9.17) is 0 Å². The molecule has 4 rings (SSSR count). The second-order valence-corrected chi connectivity index (χ2v) is 8.49. The predicted molar refractivity (Wildman–Crippen MR) is 85.9 cm³/mol. The molecule has 0 aromatic heterocycles. The highest BCUT2D eigenvalue weighted by Gasteiger charge is 2.60. The lowest BCUT2D eigenvalue weighted by Gasteiger charge is -2.56. The summed E-state index contributed by atoms with van der Waals surface area (Å²) in [5, 5.41) is 12.5. The van der Waals surface area contributed by atoms with Gasteiger partial charge in [0.15, 0.2) is 5.78 Å². The van der Waals surface area contributed by atoms with Crippen LogP contribution in [0.2, 0.25) is 0 Å². The number of allylic oxidation sites excluding steroid dienone is 2. The monoisotopic (exact) mass is 301 g/mol. The minimum Gasteiger partial charge on any atom is -0.411 e. The van der Waals surface area contributed by atoms with E-state index in [1.807, 2.05) is 0 Å². The summed E-state index contributed by atoms with van der Waals surface area (Å²) in [4.78, 5) is 12.6. The van der Waals surface area contributed by atoms with Gasteiger partial charge in [-0.25, -0.2) is 0 Å². The molecule has 120 valence electrons. The van der Waals surface area contributed by atoms with Crippen LogP contribution in [0, 0.1) is 28.6 Å². The molecule has 5 atom stereocenters. The van der Waals surface area contributed by atoms with Crippen LogP contribution in [0.3, 0.4) is 0 Å². The molecule has 0 heterocycles. The Kier molecular flexibility index (Phi) is 3.08. The summed E-state index contributed by atoms with van der Waals surface area (Å²) in [6, 6.07) is 0. The first-order valence-electron chi connectivity index (χ1n) is 8.96. The van der Waals surface area contributed by atoms with Gasteiger partial charge in [-0.05, 0) is 68.1 Å². The van der Waals surface area contributed by atoms with Crippen LogP contribution in [0.4, 0.5) is 0 Å². The average Bonchev–Trinajstić information content (AvgIpc) is 2.78. The summed E-state index contributed by atoms with van der Waals surface area (Å²) in [5.74, 6) is 1.86. The molecule has 0 radical (unpaired) electrons. The Hall–Kier alpha value is -1.12. The van der Waals surface area contributed by atoms with Crippen molar-refractivity contribution in [3.8, 4) is 0 Å². The highest BCUT2D eigenvalue weighted by molar-refractivity contribution is 6.43. The Labute approximate surface area is 132 Å². The molecular formula is C19H27NO2. The Morgan fingerprint density at radius 2 is 2.00 bits per heavy atom. The second-order valence-electron chi connectivity index (χ2n) is 8.49. The molecule has 0 aromatic rings. The minimum atomic E-state index is -0.269. The van der Waals surface area contributed by atoms with Gasteiger partial charge in [0.1, 0.15) is 5.71 Å². The molecule has 4 aliphatic rings. The molecule has 22 heavy (non-hydrogen) atoms. The van der Waals surface area contributed by atoms with Crippen molar-refractivity contribution in [2.75, 3.05) is 0 Å². The first-order chi connectivity index (χ1) is 10.5. The molecule has 0 amide bonds. The predicted octanol–water partition coefficient (Wildman–Crippen LogP) is 4.35. The number of carbonyl (C=O) groups excluding carboxylic acids is 1. The number of carbonyl (C=O) groups is 1. The normalized spacial score (nSPS) is 49.4. The summed E-state index contributed by atoms with van der Waals surface area (Å²) >= 11 is 0. The van der Waals surface area contributed by atoms with E-state index < -0.39 is 0 Å². The Balaban J connectivity index is 1.71. The van der Waals surface area contributed by atoms with Crippen LogP contribution in [0.25, 0.3) is 0 Å². The maximum absolute atomic E-state index is 12.6. The topological polar surface area (TPSA) is 49.7 Å². The SMILES string of the molecule is C[C@]12CCCC=C1CC[C@@H]1[C@@H]2CC[C@]2(C)C(=O)C(=NO)C[C@@H]12. The molecule has 0 aromatic carbocycles. The van der Waals surface area contributed by atoms with E-state index in [0.717, 1.165) is 18.8 Å². The van der Waals surface area contributed by atoms with E-state index in [9.17, 15) is 10.0 Å². The Morgan fingerprint density at radius 1 is 1.18 bits per heavy atom. The van der Waals surface area contributed by atoms with Crippen LogP contribution in [0.1, 0.15) is 65.2 Å². The largest absolute Gasteiger partial charge is 0.411 e. The number of fused-ring (bicyclic) bond motifs is 5. The molecule has 0 spiro atoms. The summed E-state index contributed by atoms with van der Waals surface area (Å²) in [6.45, 7) is 4.61. The van der Waals surface area contributed by atoms with Crippen molar-refractivity contribution in [3.63, 3.8) is 0 Å². The van der Waals surface area contributed by atoms with Gasteiger partial charge in [-0.3, -0.25) is 4.79 Å². The van der Waals surface area contributed by atoms with E-state index in [0.29, 0.717) is 29.4 Å². The maximum atomic E-state index is 12.6. The molecule has 3 saturated carbocycles. The third kappa shape index (κ3) is 1.68. The summed E-state index contributed by atoms with van der Waals surface area (Å²) in [5.41, 5.74) is 2.23. The molecule has 1 N–H and O–H groups in total. The number of ketones is 1. The van der Waals surface area contributed by atoms with Crippen molar-refractivity contribution in [2.45, 2.75) is 65.2 Å². The van der Waals surface area contributed by atoms with Gasteiger partial charge in [-0.1, -0.05) is 30.7 Å². The number of nitrogens with zero attached hydrogens (tertiary/aromatic N) is 1. The fourth-order valence-electron chi connectivity index (χ4n) is 6.45. The summed E-state index contributed by atoms with van der Waals surface area (Å²) in [7, 11) is 0. The van der Waals surface area contributed by atoms with Gasteiger partial charge >= 0.3 is 0 Å². The van der Waals surface area contributed by atoms with Crippen molar-refractivity contribution in [1.82, 2.24) is 0 Å². The lowest BCUT2D eigenvalue weighted by atomic mass is 9.47. The second kappa shape index (κ2) is 4.69. The average molecular weight is 301 g/mol. The highest BCUT2D eigenvalue weighted by atomic mass is 16.4. The highest BCUT2D eigenvalue weighted by Crippen LogP contribution is 2.64. The molecule has 3 heteroatoms. The zero-order valence-electron chi connectivity index (χ0n) is 13.8. The van der Waals surface area contributed by atoms with Crippen LogP contribution in [-0.4, -0.2) is 16.7 Å². The fourth-order valence-corrected chi connectivity index (χ4v) is 6.45. The van der Waals surface area contributed by atoms with Crippen LogP contribution >= 0.6 is 0 Å². The first kappa shape index (κ1) is 14.5. The smallest absolute Gasteiger partial charge is 0.186 e. The maximum Gasteiger partial charge on any atom is 0.186 e. The quantitative estimate of drug-likeness (QED) is 0.411. The van der Waals surface area contributed by atoms with Crippen LogP contribution in [0.5, 0.6) is 0 Å². The van der Waals surface area contributed by atoms with Crippen molar-refractivity contribution in [3.05, 3.63) is 11.6 Å². The standard InChI is InChI=1S/C19H27NO2/c1-18-9-4-3-5-12(18)6-7-13-14(18)8-10-19(2)15(13)11-16(20-22)17(19)21/h5,13-15,22H,3-4,6-11H2,1-2H3/t13-,14+,15+,18+,19+/m1/s1. The molecule has 3 fully saturated rings. The lowest BCUT2D eigenvalue weighted by molar-refractivity contribution is -0.129. The lowest BCUT2D eigenvalue weighted by Crippen LogP contribution is -2.50. The van der Waals surface area contributed by atoms with Gasteiger partial charge in [0.25, 0.3) is 0 Å². The first-order valence-corrected chi connectivity index (χ1v) is 8.96. The van der Waals surface area contributed by atoms with Crippen molar-refractivity contribution in [2.24, 2.45) is 33.7 Å². The van der Waals surface area contributed by atoms with Gasteiger partial charge in [-0.15, -0.1) is 0 Å². The molecule has 3 nitrogen and oxygen atoms in total. The third-order valence-corrected chi connectivity index (χ3v) is 7.73. The van der Waals surface area contributed by atoms with Crippen LogP contribution in [-0.2, 0) is 4.79 Å². The van der Waals surface area contributed by atoms with Crippen LogP contribution < -0.4 is 0 Å². The van der Waals surface area contributed by atoms with Gasteiger partial charge in [-0.2, -0.15) is 0 Å².